The molecule has 0 saturated carbocycles. The summed E-state index contributed by atoms with van der Waals surface area (Å²) in [6.07, 6.45) is 2.08. The van der Waals surface area contributed by atoms with Crippen LogP contribution in [0.3, 0.4) is 0 Å². The van der Waals surface area contributed by atoms with Crippen LogP contribution >= 0.6 is 0 Å². The number of primary amides is 1. The van der Waals surface area contributed by atoms with Gasteiger partial charge in [-0.1, -0.05) is 0 Å². The van der Waals surface area contributed by atoms with Crippen LogP contribution in [0.1, 0.15) is 6.42 Å². The maximum atomic E-state index is 11.4. The molecule has 0 radical (unpaired) electrons. The van der Waals surface area contributed by atoms with Crippen LogP contribution in [0.15, 0.2) is 12.4 Å². The highest BCUT2D eigenvalue weighted by atomic mass is 16.4. The van der Waals surface area contributed by atoms with E-state index in [2.05, 4.69) is 20.5 Å². The van der Waals surface area contributed by atoms with Crippen molar-refractivity contribution in [3.63, 3.8) is 0 Å². The smallest absolute Gasteiger partial charge is 0.326 e. The number of nitrogens with zero attached hydrogens (tertiary/aromatic N) is 3. The molecule has 96 valence electrons. The van der Waals surface area contributed by atoms with Crippen molar-refractivity contribution in [2.45, 2.75) is 12.5 Å². The zero-order chi connectivity index (χ0) is 13.5. The minimum atomic E-state index is -1.42. The van der Waals surface area contributed by atoms with E-state index in [-0.39, 0.29) is 5.95 Å². The second kappa shape index (κ2) is 6.08. The summed E-state index contributed by atoms with van der Waals surface area (Å²) in [7, 11) is 0. The number of aromatic nitrogens is 3. The van der Waals surface area contributed by atoms with Gasteiger partial charge in [-0.15, -0.1) is 5.10 Å². The number of hydrogen-bond donors (Lipinski definition) is 4. The summed E-state index contributed by atoms with van der Waals surface area (Å²) in [5.41, 5.74) is 4.85. The fourth-order valence-corrected chi connectivity index (χ4v) is 1.00. The van der Waals surface area contributed by atoms with Gasteiger partial charge in [-0.3, -0.25) is 10.1 Å². The lowest BCUT2D eigenvalue weighted by Gasteiger charge is -2.12. The molecule has 10 nitrogen and oxygen atoms in total. The number of urea groups is 1. The largest absolute Gasteiger partial charge is 0.480 e. The molecule has 1 atom stereocenters. The Morgan fingerprint density at radius 2 is 2.11 bits per heavy atom. The Kier molecular flexibility index (Phi) is 4.49. The Labute approximate surface area is 101 Å². The minimum absolute atomic E-state index is 0.0989. The highest BCUT2D eigenvalue weighted by molar-refractivity contribution is 5.92. The first-order valence-corrected chi connectivity index (χ1v) is 4.71. The molecule has 0 aliphatic rings. The Balaban J connectivity index is 2.56. The number of amides is 3. The predicted octanol–water partition coefficient (Wildman–Crippen LogP) is -1.68. The maximum Gasteiger partial charge on any atom is 0.326 e. The SMILES string of the molecule is NC(=O)CC(NC(=O)Nc1nccnn1)C(=O)O. The van der Waals surface area contributed by atoms with Crippen LogP contribution in [0, 0.1) is 0 Å². The molecular weight excluding hydrogens is 244 g/mol. The van der Waals surface area contributed by atoms with Crippen molar-refractivity contribution < 1.29 is 19.5 Å². The average Bonchev–Trinajstić information content (AvgIpc) is 2.28. The lowest BCUT2D eigenvalue weighted by Crippen LogP contribution is -2.45. The summed E-state index contributed by atoms with van der Waals surface area (Å²) in [6.45, 7) is 0. The Morgan fingerprint density at radius 3 is 2.61 bits per heavy atom. The van der Waals surface area contributed by atoms with E-state index in [0.29, 0.717) is 0 Å². The van der Waals surface area contributed by atoms with Crippen LogP contribution in [-0.4, -0.2) is 44.2 Å². The number of rotatable bonds is 5. The third-order valence-electron chi connectivity index (χ3n) is 1.72. The van der Waals surface area contributed by atoms with Gasteiger partial charge in [0.05, 0.1) is 18.8 Å². The summed E-state index contributed by atoms with van der Waals surface area (Å²) >= 11 is 0. The van der Waals surface area contributed by atoms with E-state index in [4.69, 9.17) is 10.8 Å². The van der Waals surface area contributed by atoms with E-state index in [1.165, 1.54) is 12.4 Å². The zero-order valence-electron chi connectivity index (χ0n) is 9.03. The summed E-state index contributed by atoms with van der Waals surface area (Å²) in [5, 5.41) is 19.8. The van der Waals surface area contributed by atoms with Crippen LogP contribution in [0.25, 0.3) is 0 Å². The molecule has 0 bridgehead atoms. The quantitative estimate of drug-likeness (QED) is 0.488. The second-order valence-electron chi connectivity index (χ2n) is 3.13. The average molecular weight is 254 g/mol. The minimum Gasteiger partial charge on any atom is -0.480 e. The van der Waals surface area contributed by atoms with E-state index in [9.17, 15) is 14.4 Å². The number of aliphatic carboxylic acids is 1. The molecule has 0 saturated heterocycles. The van der Waals surface area contributed by atoms with Crippen molar-refractivity contribution in [1.82, 2.24) is 20.5 Å². The van der Waals surface area contributed by atoms with Gasteiger partial charge in [0.15, 0.2) is 0 Å². The molecule has 0 fully saturated rings. The van der Waals surface area contributed by atoms with Crippen molar-refractivity contribution in [1.29, 1.82) is 0 Å². The van der Waals surface area contributed by atoms with Crippen LogP contribution in [0.2, 0.25) is 0 Å². The van der Waals surface area contributed by atoms with Gasteiger partial charge < -0.3 is 16.2 Å². The molecule has 1 heterocycles. The number of carbonyl (C=O) groups excluding carboxylic acids is 2. The van der Waals surface area contributed by atoms with Crippen molar-refractivity contribution in [3.8, 4) is 0 Å². The van der Waals surface area contributed by atoms with Gasteiger partial charge in [-0.25, -0.2) is 14.6 Å². The number of nitrogens with two attached hydrogens (primary N) is 1. The molecule has 0 aromatic carbocycles. The van der Waals surface area contributed by atoms with Gasteiger partial charge in [0.2, 0.25) is 5.91 Å². The monoisotopic (exact) mass is 254 g/mol. The number of hydrogen-bond acceptors (Lipinski definition) is 6. The molecule has 18 heavy (non-hydrogen) atoms. The van der Waals surface area contributed by atoms with Gasteiger partial charge in [0, 0.05) is 0 Å². The Bertz CT molecular complexity index is 450. The van der Waals surface area contributed by atoms with Crippen LogP contribution in [0.5, 0.6) is 0 Å². The van der Waals surface area contributed by atoms with Gasteiger partial charge in [-0.2, -0.15) is 5.10 Å². The topological polar surface area (TPSA) is 160 Å². The third kappa shape index (κ3) is 4.38. The maximum absolute atomic E-state index is 11.4. The molecule has 1 aromatic heterocycles. The molecule has 1 unspecified atom stereocenters. The standard InChI is InChI=1S/C8H10N6O4/c9-5(15)3-4(6(16)17)12-8(18)13-7-10-1-2-11-14-7/h1-2,4H,3H2,(H2,9,15)(H,16,17)(H2,10,12,13,14,18). The number of carbonyl (C=O) groups is 3. The first-order valence-electron chi connectivity index (χ1n) is 4.71. The van der Waals surface area contributed by atoms with Crippen molar-refractivity contribution >= 4 is 23.9 Å². The summed E-state index contributed by atoms with van der Waals surface area (Å²) in [4.78, 5) is 36.3. The highest BCUT2D eigenvalue weighted by Crippen LogP contribution is 1.95. The highest BCUT2D eigenvalue weighted by Gasteiger charge is 2.22. The summed E-state index contributed by atoms with van der Waals surface area (Å²) < 4.78 is 0. The second-order valence-corrected chi connectivity index (χ2v) is 3.13. The third-order valence-corrected chi connectivity index (χ3v) is 1.72. The number of anilines is 1. The Hall–Kier alpha value is -2.78. The molecule has 5 N–H and O–H groups in total. The van der Waals surface area contributed by atoms with E-state index >= 15 is 0 Å². The molecular formula is C8H10N6O4. The summed E-state index contributed by atoms with van der Waals surface area (Å²) in [5.74, 6) is -2.32. The van der Waals surface area contributed by atoms with E-state index in [1.54, 1.807) is 0 Å². The van der Waals surface area contributed by atoms with Crippen molar-refractivity contribution in [2.24, 2.45) is 5.73 Å². The van der Waals surface area contributed by atoms with Gasteiger partial charge in [-0.05, 0) is 0 Å². The molecule has 0 spiro atoms. The summed E-state index contributed by atoms with van der Waals surface area (Å²) in [6, 6.07) is -2.30. The first kappa shape index (κ1) is 13.3. The van der Waals surface area contributed by atoms with E-state index < -0.39 is 30.4 Å². The number of nitrogens with one attached hydrogen (secondary N) is 2. The lowest BCUT2D eigenvalue weighted by molar-refractivity contribution is -0.140. The van der Waals surface area contributed by atoms with Gasteiger partial charge in [0.1, 0.15) is 6.04 Å². The Morgan fingerprint density at radius 1 is 1.39 bits per heavy atom. The fraction of sp³-hybridized carbons (Fsp3) is 0.250. The molecule has 10 heteroatoms. The molecule has 1 aromatic rings. The van der Waals surface area contributed by atoms with Crippen LogP contribution in [0.4, 0.5) is 10.7 Å². The number of carboxylic acids is 1. The predicted molar refractivity (Wildman–Crippen MR) is 57.2 cm³/mol. The van der Waals surface area contributed by atoms with Crippen molar-refractivity contribution in [2.75, 3.05) is 5.32 Å². The zero-order valence-corrected chi connectivity index (χ0v) is 9.03. The lowest BCUT2D eigenvalue weighted by atomic mass is 10.2. The van der Waals surface area contributed by atoms with Crippen LogP contribution in [-0.2, 0) is 9.59 Å². The van der Waals surface area contributed by atoms with E-state index in [0.717, 1.165) is 0 Å². The molecule has 0 aliphatic carbocycles. The van der Waals surface area contributed by atoms with E-state index in [1.807, 2.05) is 5.32 Å². The van der Waals surface area contributed by atoms with Crippen LogP contribution < -0.4 is 16.4 Å². The first-order chi connectivity index (χ1) is 8.49. The number of carboxylic acid groups (broad SMARTS) is 1. The van der Waals surface area contributed by atoms with Crippen molar-refractivity contribution in [3.05, 3.63) is 12.4 Å². The fourth-order valence-electron chi connectivity index (χ4n) is 1.00. The molecule has 1 rings (SSSR count). The van der Waals surface area contributed by atoms with Gasteiger partial charge in [0.25, 0.3) is 5.95 Å². The molecule has 0 aliphatic heterocycles. The normalized spacial score (nSPS) is 11.3. The molecule has 3 amide bonds. The van der Waals surface area contributed by atoms with Gasteiger partial charge >= 0.3 is 12.0 Å².